The molecule has 0 aliphatic carbocycles. The van der Waals surface area contributed by atoms with Crippen LogP contribution >= 0.6 is 0 Å². The van der Waals surface area contributed by atoms with Gasteiger partial charge in [0.25, 0.3) is 0 Å². The average molecular weight is 458 g/mol. The second-order valence-corrected chi connectivity index (χ2v) is 8.35. The Morgan fingerprint density at radius 2 is 1.63 bits per heavy atom. The lowest BCUT2D eigenvalue weighted by Crippen LogP contribution is -2.21. The smallest absolute Gasteiger partial charge is 0.205 e. The highest BCUT2D eigenvalue weighted by atomic mass is 19.1. The van der Waals surface area contributed by atoms with Crippen molar-refractivity contribution in [2.24, 2.45) is 5.73 Å². The number of hydrogen-bond acceptors (Lipinski definition) is 4. The number of benzene rings is 4. The Balaban J connectivity index is 1.64. The van der Waals surface area contributed by atoms with Crippen molar-refractivity contribution in [1.29, 1.82) is 5.26 Å². The minimum atomic E-state index is -0.508. The van der Waals surface area contributed by atoms with Crippen LogP contribution in [0.15, 0.2) is 109 Å². The molecular formula is C29H19FN4O. The Labute approximate surface area is 201 Å². The van der Waals surface area contributed by atoms with Crippen LogP contribution < -0.4 is 10.5 Å². The lowest BCUT2D eigenvalue weighted by Gasteiger charge is -2.27. The number of para-hydroxylation sites is 1. The Morgan fingerprint density at radius 1 is 0.886 bits per heavy atom. The fourth-order valence-corrected chi connectivity index (χ4v) is 4.65. The van der Waals surface area contributed by atoms with Gasteiger partial charge in [0.15, 0.2) is 0 Å². The van der Waals surface area contributed by atoms with Crippen molar-refractivity contribution in [2.45, 2.75) is 5.92 Å². The molecule has 1 aliphatic rings. The lowest BCUT2D eigenvalue weighted by molar-refractivity contribution is 0.398. The van der Waals surface area contributed by atoms with E-state index in [2.05, 4.69) is 6.07 Å². The van der Waals surface area contributed by atoms with E-state index in [9.17, 15) is 9.65 Å². The number of ether oxygens (including phenoxy) is 1. The molecule has 0 fully saturated rings. The zero-order valence-electron chi connectivity index (χ0n) is 18.5. The normalized spacial score (nSPS) is 14.9. The number of aromatic nitrogens is 2. The van der Waals surface area contributed by atoms with Gasteiger partial charge in [-0.1, -0.05) is 54.6 Å². The summed E-state index contributed by atoms with van der Waals surface area (Å²) in [5.41, 5.74) is 10.5. The first kappa shape index (κ1) is 20.7. The fraction of sp³-hybridized carbons (Fsp3) is 0.0345. The van der Waals surface area contributed by atoms with Crippen LogP contribution in [0, 0.1) is 17.1 Å². The summed E-state index contributed by atoms with van der Waals surface area (Å²) in [6.07, 6.45) is 1.91. The summed E-state index contributed by atoms with van der Waals surface area (Å²) in [4.78, 5) is 0. The first-order valence-electron chi connectivity index (χ1n) is 11.1. The van der Waals surface area contributed by atoms with E-state index in [1.54, 1.807) is 16.8 Å². The molecule has 0 spiro atoms. The largest absolute Gasteiger partial charge is 0.440 e. The molecule has 0 unspecified atom stereocenters. The van der Waals surface area contributed by atoms with E-state index >= 15 is 0 Å². The van der Waals surface area contributed by atoms with Crippen molar-refractivity contribution in [3.8, 4) is 28.8 Å². The standard InChI is InChI=1S/C29H19FN4O/c30-20-13-10-19(11-14-20)27-25(17-34(33-27)21-7-2-1-3-8-21)26-23-15-12-18-6-4-5-9-22(18)28(23)35-29(32)24(26)16-31/h1-15,17,26H,32H2/t26-/m0/s1. The summed E-state index contributed by atoms with van der Waals surface area (Å²) in [5, 5.41) is 16.9. The molecule has 6 rings (SSSR count). The van der Waals surface area contributed by atoms with E-state index < -0.39 is 5.92 Å². The van der Waals surface area contributed by atoms with E-state index in [4.69, 9.17) is 15.6 Å². The molecule has 4 aromatic carbocycles. The highest BCUT2D eigenvalue weighted by Crippen LogP contribution is 2.47. The third-order valence-corrected chi connectivity index (χ3v) is 6.30. The summed E-state index contributed by atoms with van der Waals surface area (Å²) in [6, 6.07) is 30.0. The van der Waals surface area contributed by atoms with Crippen LogP contribution in [-0.4, -0.2) is 9.78 Å². The van der Waals surface area contributed by atoms with E-state index in [1.807, 2.05) is 72.9 Å². The van der Waals surface area contributed by atoms with Crippen molar-refractivity contribution in [3.05, 3.63) is 126 Å². The van der Waals surface area contributed by atoms with Crippen LogP contribution in [-0.2, 0) is 0 Å². The van der Waals surface area contributed by atoms with Gasteiger partial charge in [0.1, 0.15) is 23.2 Å². The first-order chi connectivity index (χ1) is 17.1. The summed E-state index contributed by atoms with van der Waals surface area (Å²) in [6.45, 7) is 0. The van der Waals surface area contributed by atoms with Gasteiger partial charge in [0, 0.05) is 28.3 Å². The van der Waals surface area contributed by atoms with Crippen molar-refractivity contribution in [1.82, 2.24) is 9.78 Å². The molecule has 1 aliphatic heterocycles. The summed E-state index contributed by atoms with van der Waals surface area (Å²) < 4.78 is 21.5. The first-order valence-corrected chi connectivity index (χ1v) is 11.1. The van der Waals surface area contributed by atoms with Gasteiger partial charge in [0.2, 0.25) is 5.88 Å². The predicted octanol–water partition coefficient (Wildman–Crippen LogP) is 6.05. The van der Waals surface area contributed by atoms with Crippen LogP contribution in [0.2, 0.25) is 0 Å². The van der Waals surface area contributed by atoms with Gasteiger partial charge in [-0.05, 0) is 41.8 Å². The third-order valence-electron chi connectivity index (χ3n) is 6.30. The molecule has 5 nitrogen and oxygen atoms in total. The molecular weight excluding hydrogens is 439 g/mol. The van der Waals surface area contributed by atoms with Crippen LogP contribution in [0.1, 0.15) is 17.0 Å². The van der Waals surface area contributed by atoms with Gasteiger partial charge in [0.05, 0.1) is 17.3 Å². The van der Waals surface area contributed by atoms with Gasteiger partial charge in [-0.15, -0.1) is 0 Å². The molecule has 168 valence electrons. The molecule has 0 bridgehead atoms. The van der Waals surface area contributed by atoms with Crippen molar-refractivity contribution >= 4 is 10.8 Å². The SMILES string of the molecule is N#CC1=C(N)Oc2c(ccc3ccccc23)[C@@H]1c1cn(-c2ccccc2)nc1-c1ccc(F)cc1. The molecule has 35 heavy (non-hydrogen) atoms. The molecule has 2 heterocycles. The average Bonchev–Trinajstić information content (AvgIpc) is 3.34. The number of halogens is 1. The van der Waals surface area contributed by atoms with Gasteiger partial charge in [-0.3, -0.25) is 0 Å². The molecule has 6 heteroatoms. The number of allylic oxidation sites excluding steroid dienone is 1. The van der Waals surface area contributed by atoms with E-state index in [0.717, 1.165) is 33.2 Å². The van der Waals surface area contributed by atoms with Crippen LogP contribution in [0.3, 0.4) is 0 Å². The Morgan fingerprint density at radius 3 is 2.40 bits per heavy atom. The number of nitrogens with two attached hydrogens (primary N) is 1. The monoisotopic (exact) mass is 458 g/mol. The van der Waals surface area contributed by atoms with Crippen LogP contribution in [0.5, 0.6) is 5.75 Å². The van der Waals surface area contributed by atoms with Gasteiger partial charge >= 0.3 is 0 Å². The van der Waals surface area contributed by atoms with Crippen molar-refractivity contribution in [3.63, 3.8) is 0 Å². The molecule has 0 radical (unpaired) electrons. The summed E-state index contributed by atoms with van der Waals surface area (Å²) in [7, 11) is 0. The van der Waals surface area contributed by atoms with Gasteiger partial charge in [-0.2, -0.15) is 10.4 Å². The van der Waals surface area contributed by atoms with Gasteiger partial charge < -0.3 is 10.5 Å². The van der Waals surface area contributed by atoms with E-state index in [-0.39, 0.29) is 11.7 Å². The maximum absolute atomic E-state index is 13.7. The van der Waals surface area contributed by atoms with Crippen molar-refractivity contribution < 1.29 is 9.13 Å². The number of hydrogen-bond donors (Lipinski definition) is 1. The Bertz CT molecular complexity index is 1650. The summed E-state index contributed by atoms with van der Waals surface area (Å²) >= 11 is 0. The topological polar surface area (TPSA) is 76.9 Å². The van der Waals surface area contributed by atoms with E-state index in [1.165, 1.54) is 12.1 Å². The van der Waals surface area contributed by atoms with E-state index in [0.29, 0.717) is 17.0 Å². The molecule has 2 N–H and O–H groups in total. The lowest BCUT2D eigenvalue weighted by atomic mass is 9.82. The minimum Gasteiger partial charge on any atom is -0.440 e. The molecule has 0 amide bonds. The Hall–Kier alpha value is -4.89. The van der Waals surface area contributed by atoms with Crippen molar-refractivity contribution in [2.75, 3.05) is 0 Å². The quantitative estimate of drug-likeness (QED) is 0.357. The zero-order valence-corrected chi connectivity index (χ0v) is 18.5. The predicted molar refractivity (Wildman–Crippen MR) is 132 cm³/mol. The zero-order chi connectivity index (χ0) is 23.9. The molecule has 0 saturated heterocycles. The molecule has 5 aromatic rings. The maximum atomic E-state index is 13.7. The molecule has 0 saturated carbocycles. The number of nitriles is 1. The fourth-order valence-electron chi connectivity index (χ4n) is 4.65. The van der Waals surface area contributed by atoms with Crippen LogP contribution in [0.25, 0.3) is 27.7 Å². The molecule has 1 aromatic heterocycles. The number of nitrogens with zero attached hydrogens (tertiary/aromatic N) is 3. The second-order valence-electron chi connectivity index (χ2n) is 8.35. The number of fused-ring (bicyclic) bond motifs is 3. The Kier molecular flexibility index (Phi) is 4.82. The van der Waals surface area contributed by atoms with Crippen LogP contribution in [0.4, 0.5) is 4.39 Å². The third kappa shape index (κ3) is 3.42. The minimum absolute atomic E-state index is 0.0684. The number of rotatable bonds is 3. The second kappa shape index (κ2) is 8.15. The highest BCUT2D eigenvalue weighted by molar-refractivity contribution is 5.91. The van der Waals surface area contributed by atoms with Gasteiger partial charge in [-0.25, -0.2) is 9.07 Å². The highest BCUT2D eigenvalue weighted by Gasteiger charge is 2.34. The summed E-state index contributed by atoms with van der Waals surface area (Å²) in [5.74, 6) is -0.144. The molecule has 1 atom stereocenters. The maximum Gasteiger partial charge on any atom is 0.205 e.